The van der Waals surface area contributed by atoms with Gasteiger partial charge in [-0.25, -0.2) is 0 Å². The monoisotopic (exact) mass is 192 g/mol. The molecule has 0 saturated carbocycles. The van der Waals surface area contributed by atoms with Gasteiger partial charge >= 0.3 is 9.17 Å². The normalized spacial score (nSPS) is 11.2. The van der Waals surface area contributed by atoms with Crippen LogP contribution >= 0.6 is 0 Å². The van der Waals surface area contributed by atoms with Crippen LogP contribution < -0.4 is 0 Å². The predicted octanol–water partition coefficient (Wildman–Crippen LogP) is 1.42. The summed E-state index contributed by atoms with van der Waals surface area (Å²) in [7, 11) is -4.51. The average Bonchev–Trinajstić information content (AvgIpc) is 2.00. The molecule has 0 heterocycles. The van der Waals surface area contributed by atoms with Crippen molar-refractivity contribution in [3.8, 4) is 0 Å². The Hall–Kier alpha value is -0.166. The van der Waals surface area contributed by atoms with Gasteiger partial charge in [0.2, 0.25) is 8.32 Å². The van der Waals surface area contributed by atoms with Crippen LogP contribution in [0.15, 0.2) is 0 Å². The van der Waals surface area contributed by atoms with Gasteiger partial charge in [0.1, 0.15) is 0 Å². The molecule has 1 N–H and O–H groups in total. The van der Waals surface area contributed by atoms with E-state index in [9.17, 15) is 4.46 Å². The van der Waals surface area contributed by atoms with Crippen molar-refractivity contribution in [2.45, 2.75) is 38.9 Å². The second-order valence-corrected chi connectivity index (χ2v) is 8.45. The molecule has 0 spiro atoms. The molecule has 0 bridgehead atoms. The van der Waals surface area contributed by atoms with Gasteiger partial charge in [-0.05, 0) is 18.1 Å². The molecule has 0 aromatic carbocycles. The van der Waals surface area contributed by atoms with Crippen LogP contribution in [-0.2, 0) is 8.58 Å². The average molecular weight is 192 g/mol. The number of hydrogen-bond donors (Lipinski definition) is 1. The highest BCUT2D eigenvalue weighted by Gasteiger charge is 2.33. The van der Waals surface area contributed by atoms with Crippen molar-refractivity contribution < 1.29 is 13.4 Å². The Morgan fingerprint density at radius 1 is 1.27 bits per heavy atom. The van der Waals surface area contributed by atoms with E-state index in [0.29, 0.717) is 0 Å². The summed E-state index contributed by atoms with van der Waals surface area (Å²) in [6.45, 7) is 6.10. The maximum atomic E-state index is 10.5. The highest BCUT2D eigenvalue weighted by Crippen LogP contribution is 2.20. The van der Waals surface area contributed by atoms with Crippen molar-refractivity contribution in [3.05, 3.63) is 0 Å². The van der Waals surface area contributed by atoms with Crippen molar-refractivity contribution in [1.29, 1.82) is 0 Å². The third-order valence-electron chi connectivity index (χ3n) is 2.24. The molecule has 0 aliphatic heterocycles. The lowest BCUT2D eigenvalue weighted by Crippen LogP contribution is -2.38. The van der Waals surface area contributed by atoms with E-state index in [2.05, 4.69) is 0 Å². The molecule has 0 unspecified atom stereocenters. The minimum absolute atomic E-state index is 0.928. The van der Waals surface area contributed by atoms with Gasteiger partial charge in [-0.1, -0.05) is 20.8 Å². The van der Waals surface area contributed by atoms with Gasteiger partial charge in [-0.3, -0.25) is 4.46 Å². The van der Waals surface area contributed by atoms with E-state index in [1.807, 2.05) is 20.8 Å². The van der Waals surface area contributed by atoms with E-state index in [1.165, 1.54) is 0 Å². The van der Waals surface area contributed by atoms with E-state index in [4.69, 9.17) is 8.91 Å². The molecule has 0 radical (unpaired) electrons. The topological polar surface area (TPSA) is 46.5 Å². The molecule has 66 valence electrons. The summed E-state index contributed by atoms with van der Waals surface area (Å²) in [4.78, 5) is 8.64. The van der Waals surface area contributed by atoms with Crippen LogP contribution in [0.2, 0.25) is 18.1 Å². The van der Waals surface area contributed by atoms with Crippen LogP contribution in [0.3, 0.4) is 0 Å². The summed E-state index contributed by atoms with van der Waals surface area (Å²) < 4.78 is 15.6. The van der Waals surface area contributed by atoms with Gasteiger partial charge in [0.25, 0.3) is 0 Å². The van der Waals surface area contributed by atoms with Gasteiger partial charge < -0.3 is 8.91 Å². The molecule has 0 aromatic rings. The van der Waals surface area contributed by atoms with E-state index in [0.717, 1.165) is 18.1 Å². The second kappa shape index (κ2) is 4.66. The zero-order chi connectivity index (χ0) is 8.91. The largest absolute Gasteiger partial charge is 0.749 e. The molecule has 0 aliphatic rings. The summed E-state index contributed by atoms with van der Waals surface area (Å²) >= 11 is 0. The fourth-order valence-electron chi connectivity index (χ4n) is 1.15. The quantitative estimate of drug-likeness (QED) is 0.670. The molecule has 0 aliphatic carbocycles. The van der Waals surface area contributed by atoms with Gasteiger partial charge in [0.05, 0.1) is 0 Å². The van der Waals surface area contributed by atoms with Gasteiger partial charge in [-0.2, -0.15) is 0 Å². The molecule has 0 rings (SSSR count). The summed E-state index contributed by atoms with van der Waals surface area (Å²) in [6, 6.07) is 2.78. The molecule has 0 fully saturated rings. The van der Waals surface area contributed by atoms with Crippen molar-refractivity contribution in [1.82, 2.24) is 0 Å². The maximum Gasteiger partial charge on any atom is 0.749 e. The predicted molar refractivity (Wildman–Crippen MR) is 46.9 cm³/mol. The molecule has 3 nitrogen and oxygen atoms in total. The van der Waals surface area contributed by atoms with Crippen LogP contribution in [0.5, 0.6) is 0 Å². The van der Waals surface area contributed by atoms with Gasteiger partial charge in [0, 0.05) is 0 Å². The Kier molecular flexibility index (Phi) is 4.59. The second-order valence-electron chi connectivity index (χ2n) is 2.61. The summed E-state index contributed by atoms with van der Waals surface area (Å²) in [6.07, 6.45) is 0. The molecule has 0 saturated heterocycles. The lowest BCUT2D eigenvalue weighted by molar-refractivity contribution is 0.330. The minimum Gasteiger partial charge on any atom is -0.551 e. The Bertz CT molecular complexity index is 126. The SMILES string of the molecule is CC[Si](CC)(CC)O[Si](=O)O. The number of hydrogen-bond acceptors (Lipinski definition) is 2. The zero-order valence-corrected chi connectivity index (χ0v) is 9.39. The highest BCUT2D eigenvalue weighted by molar-refractivity contribution is 6.77. The third-order valence-corrected chi connectivity index (χ3v) is 8.53. The van der Waals surface area contributed by atoms with Crippen molar-refractivity contribution in [3.63, 3.8) is 0 Å². The molecule has 5 heteroatoms. The van der Waals surface area contributed by atoms with E-state index in [1.54, 1.807) is 0 Å². The Morgan fingerprint density at radius 2 is 1.64 bits per heavy atom. The molecular weight excluding hydrogens is 176 g/mol. The van der Waals surface area contributed by atoms with Crippen LogP contribution in [0.4, 0.5) is 0 Å². The van der Waals surface area contributed by atoms with Crippen LogP contribution in [-0.4, -0.2) is 22.3 Å². The van der Waals surface area contributed by atoms with Gasteiger partial charge in [-0.15, -0.1) is 0 Å². The van der Waals surface area contributed by atoms with Crippen LogP contribution in [0.25, 0.3) is 0 Å². The van der Waals surface area contributed by atoms with Crippen LogP contribution in [0, 0.1) is 0 Å². The first-order chi connectivity index (χ1) is 5.10. The maximum absolute atomic E-state index is 10.5. The fraction of sp³-hybridized carbons (Fsp3) is 1.00. The molecule has 0 atom stereocenters. The molecule has 0 amide bonds. The standard InChI is InChI=1S/C6H16O3Si2/c1-4-11(5-2,6-3)9-10(7)8/h7H,4-6H2,1-3H3. The van der Waals surface area contributed by atoms with Crippen molar-refractivity contribution in [2.75, 3.05) is 0 Å². The minimum atomic E-state index is -2.72. The Morgan fingerprint density at radius 3 is 1.73 bits per heavy atom. The first-order valence-electron chi connectivity index (χ1n) is 4.02. The summed E-state index contributed by atoms with van der Waals surface area (Å²) in [5.74, 6) is 0. The Balaban J connectivity index is 4.16. The zero-order valence-electron chi connectivity index (χ0n) is 7.39. The molecule has 11 heavy (non-hydrogen) atoms. The van der Waals surface area contributed by atoms with Crippen LogP contribution in [0.1, 0.15) is 20.8 Å². The smallest absolute Gasteiger partial charge is 0.551 e. The Labute approximate surface area is 70.4 Å². The third kappa shape index (κ3) is 3.15. The van der Waals surface area contributed by atoms with E-state index >= 15 is 0 Å². The van der Waals surface area contributed by atoms with Crippen molar-refractivity contribution in [2.24, 2.45) is 0 Å². The highest BCUT2D eigenvalue weighted by atomic mass is 28.4. The lowest BCUT2D eigenvalue weighted by atomic mass is 10.9. The van der Waals surface area contributed by atoms with Crippen molar-refractivity contribution >= 4 is 17.5 Å². The first-order valence-corrected chi connectivity index (χ1v) is 7.81. The fourth-order valence-corrected chi connectivity index (χ4v) is 5.87. The van der Waals surface area contributed by atoms with E-state index < -0.39 is 17.5 Å². The molecular formula is C6H16O3Si2. The first kappa shape index (κ1) is 10.8. The summed E-state index contributed by atoms with van der Waals surface area (Å²) in [5.41, 5.74) is 0. The van der Waals surface area contributed by atoms with Gasteiger partial charge in [0.15, 0.2) is 0 Å². The van der Waals surface area contributed by atoms with E-state index in [-0.39, 0.29) is 0 Å². The summed E-state index contributed by atoms with van der Waals surface area (Å²) in [5, 5.41) is 0. The number of rotatable bonds is 5. The molecule has 0 aromatic heterocycles. The lowest BCUT2D eigenvalue weighted by Gasteiger charge is -2.26.